The zero-order chi connectivity index (χ0) is 20.1. The van der Waals surface area contributed by atoms with E-state index in [-0.39, 0.29) is 11.7 Å². The van der Waals surface area contributed by atoms with Gasteiger partial charge in [-0.05, 0) is 41.0 Å². The molecule has 0 radical (unpaired) electrons. The summed E-state index contributed by atoms with van der Waals surface area (Å²) in [6.45, 7) is 3.27. The zero-order valence-corrected chi connectivity index (χ0v) is 17.0. The Morgan fingerprint density at radius 3 is 2.00 bits per heavy atom. The van der Waals surface area contributed by atoms with Gasteiger partial charge < -0.3 is 10.0 Å². The SMILES string of the molecule is O=C(c1ccc(-c2ccc(O)cc2)cc1)N1CCN(SCc2ccccc2)CC1. The molecule has 0 atom stereocenters. The Kier molecular flexibility index (Phi) is 6.17. The monoisotopic (exact) mass is 404 g/mol. The lowest BCUT2D eigenvalue weighted by Crippen LogP contribution is -2.46. The molecule has 0 spiro atoms. The van der Waals surface area contributed by atoms with E-state index in [1.807, 2.05) is 59.3 Å². The van der Waals surface area contributed by atoms with Crippen molar-refractivity contribution in [1.82, 2.24) is 9.21 Å². The summed E-state index contributed by atoms with van der Waals surface area (Å²) in [5, 5.41) is 9.42. The third-order valence-electron chi connectivity index (χ3n) is 5.11. The fraction of sp³-hybridized carbons (Fsp3) is 0.208. The fourth-order valence-corrected chi connectivity index (χ4v) is 4.35. The van der Waals surface area contributed by atoms with Crippen LogP contribution in [0.4, 0.5) is 0 Å². The van der Waals surface area contributed by atoms with E-state index in [1.165, 1.54) is 5.56 Å². The fourth-order valence-electron chi connectivity index (χ4n) is 3.40. The topological polar surface area (TPSA) is 43.8 Å². The molecule has 3 aromatic rings. The Balaban J connectivity index is 1.30. The van der Waals surface area contributed by atoms with Crippen LogP contribution in [0.25, 0.3) is 11.1 Å². The highest BCUT2D eigenvalue weighted by molar-refractivity contribution is 7.96. The molecule has 1 saturated heterocycles. The standard InChI is InChI=1S/C24H24N2O2S/c27-23-12-10-21(11-13-23)20-6-8-22(9-7-20)24(28)25-14-16-26(17-15-25)29-18-19-4-2-1-3-5-19/h1-13,27H,14-18H2. The number of benzene rings is 3. The van der Waals surface area contributed by atoms with Crippen LogP contribution in [0.15, 0.2) is 78.9 Å². The van der Waals surface area contributed by atoms with Crippen LogP contribution in [0.5, 0.6) is 5.75 Å². The van der Waals surface area contributed by atoms with Gasteiger partial charge in [-0.15, -0.1) is 0 Å². The van der Waals surface area contributed by atoms with Crippen LogP contribution >= 0.6 is 11.9 Å². The van der Waals surface area contributed by atoms with Gasteiger partial charge in [0.1, 0.15) is 5.75 Å². The average molecular weight is 405 g/mol. The van der Waals surface area contributed by atoms with Gasteiger partial charge in [0.05, 0.1) is 0 Å². The van der Waals surface area contributed by atoms with E-state index >= 15 is 0 Å². The Hall–Kier alpha value is -2.76. The number of carbonyl (C=O) groups is 1. The van der Waals surface area contributed by atoms with Crippen molar-refractivity contribution in [2.75, 3.05) is 26.2 Å². The van der Waals surface area contributed by atoms with Crippen molar-refractivity contribution >= 4 is 17.9 Å². The predicted molar refractivity (Wildman–Crippen MR) is 119 cm³/mol. The molecular weight excluding hydrogens is 380 g/mol. The number of carbonyl (C=O) groups excluding carboxylic acids is 1. The van der Waals surface area contributed by atoms with Crippen molar-refractivity contribution in [1.29, 1.82) is 0 Å². The number of phenolic OH excluding ortho intramolecular Hbond substituents is 1. The molecule has 0 saturated carbocycles. The van der Waals surface area contributed by atoms with E-state index in [4.69, 9.17) is 0 Å². The van der Waals surface area contributed by atoms with Gasteiger partial charge in [-0.25, -0.2) is 4.31 Å². The maximum absolute atomic E-state index is 12.8. The van der Waals surface area contributed by atoms with Gasteiger partial charge in [0.2, 0.25) is 0 Å². The molecule has 1 fully saturated rings. The highest BCUT2D eigenvalue weighted by atomic mass is 32.2. The first-order chi connectivity index (χ1) is 14.2. The molecule has 0 aromatic heterocycles. The Labute approximate surface area is 175 Å². The number of nitrogens with zero attached hydrogens (tertiary/aromatic N) is 2. The minimum absolute atomic E-state index is 0.0926. The van der Waals surface area contributed by atoms with Crippen LogP contribution in [0.1, 0.15) is 15.9 Å². The van der Waals surface area contributed by atoms with Gasteiger partial charge in [-0.1, -0.05) is 66.5 Å². The number of rotatable bonds is 5. The molecule has 0 bridgehead atoms. The van der Waals surface area contributed by atoms with Crippen LogP contribution in [0.3, 0.4) is 0 Å². The third kappa shape index (κ3) is 5.00. The van der Waals surface area contributed by atoms with Crippen molar-refractivity contribution < 1.29 is 9.90 Å². The molecule has 1 amide bonds. The molecule has 3 aromatic carbocycles. The average Bonchev–Trinajstić information content (AvgIpc) is 2.79. The number of aromatic hydroxyl groups is 1. The zero-order valence-electron chi connectivity index (χ0n) is 16.2. The van der Waals surface area contributed by atoms with Crippen LogP contribution < -0.4 is 0 Å². The quantitative estimate of drug-likeness (QED) is 0.628. The number of amides is 1. The van der Waals surface area contributed by atoms with Gasteiger partial charge >= 0.3 is 0 Å². The highest BCUT2D eigenvalue weighted by Gasteiger charge is 2.22. The van der Waals surface area contributed by atoms with E-state index in [1.54, 1.807) is 12.1 Å². The second-order valence-electron chi connectivity index (χ2n) is 7.10. The van der Waals surface area contributed by atoms with Crippen LogP contribution in [0, 0.1) is 0 Å². The van der Waals surface area contributed by atoms with E-state index in [0.29, 0.717) is 0 Å². The normalized spacial score (nSPS) is 14.7. The Bertz CT molecular complexity index is 935. The molecule has 0 unspecified atom stereocenters. The highest BCUT2D eigenvalue weighted by Crippen LogP contribution is 2.23. The maximum Gasteiger partial charge on any atom is 0.253 e. The molecular formula is C24H24N2O2S. The summed E-state index contributed by atoms with van der Waals surface area (Å²) in [7, 11) is 0. The molecule has 1 heterocycles. The molecule has 29 heavy (non-hydrogen) atoms. The third-order valence-corrected chi connectivity index (χ3v) is 6.31. The summed E-state index contributed by atoms with van der Waals surface area (Å²) >= 11 is 1.84. The lowest BCUT2D eigenvalue weighted by Gasteiger charge is -2.34. The molecule has 4 nitrogen and oxygen atoms in total. The number of phenols is 1. The molecule has 148 valence electrons. The van der Waals surface area contributed by atoms with Crippen LogP contribution in [0.2, 0.25) is 0 Å². The largest absolute Gasteiger partial charge is 0.508 e. The summed E-state index contributed by atoms with van der Waals surface area (Å²) in [4.78, 5) is 14.8. The first-order valence-corrected chi connectivity index (χ1v) is 10.7. The minimum Gasteiger partial charge on any atom is -0.508 e. The van der Waals surface area contributed by atoms with Crippen LogP contribution in [-0.2, 0) is 5.75 Å². The lowest BCUT2D eigenvalue weighted by atomic mass is 10.0. The molecule has 4 rings (SSSR count). The summed E-state index contributed by atoms with van der Waals surface area (Å²) in [6.07, 6.45) is 0. The van der Waals surface area contributed by atoms with E-state index in [2.05, 4.69) is 28.6 Å². The Morgan fingerprint density at radius 2 is 1.38 bits per heavy atom. The van der Waals surface area contributed by atoms with Crippen molar-refractivity contribution in [2.24, 2.45) is 0 Å². The first-order valence-electron chi connectivity index (χ1n) is 9.79. The van der Waals surface area contributed by atoms with E-state index < -0.39 is 0 Å². The Morgan fingerprint density at radius 1 is 0.793 bits per heavy atom. The number of piperazine rings is 1. The second-order valence-corrected chi connectivity index (χ2v) is 8.17. The van der Waals surface area contributed by atoms with E-state index in [0.717, 1.165) is 48.6 Å². The summed E-state index contributed by atoms with van der Waals surface area (Å²) < 4.78 is 2.35. The molecule has 1 aliphatic rings. The van der Waals surface area contributed by atoms with Crippen LogP contribution in [-0.4, -0.2) is 46.4 Å². The van der Waals surface area contributed by atoms with Gasteiger partial charge in [-0.2, -0.15) is 0 Å². The summed E-state index contributed by atoms with van der Waals surface area (Å²) in [6, 6.07) is 25.3. The van der Waals surface area contributed by atoms with Gasteiger partial charge in [0.15, 0.2) is 0 Å². The van der Waals surface area contributed by atoms with Gasteiger partial charge in [0.25, 0.3) is 5.91 Å². The molecule has 0 aliphatic carbocycles. The van der Waals surface area contributed by atoms with E-state index in [9.17, 15) is 9.90 Å². The number of hydrogen-bond acceptors (Lipinski definition) is 4. The minimum atomic E-state index is 0.0926. The smallest absolute Gasteiger partial charge is 0.253 e. The first kappa shape index (κ1) is 19.6. The van der Waals surface area contributed by atoms with Crippen molar-refractivity contribution in [2.45, 2.75) is 5.75 Å². The van der Waals surface area contributed by atoms with Crippen molar-refractivity contribution in [3.8, 4) is 16.9 Å². The number of hydrogen-bond donors (Lipinski definition) is 1. The second kappa shape index (κ2) is 9.16. The predicted octanol–water partition coefficient (Wildman–Crippen LogP) is 4.67. The van der Waals surface area contributed by atoms with Gasteiger partial charge in [-0.3, -0.25) is 4.79 Å². The molecule has 5 heteroatoms. The summed E-state index contributed by atoms with van der Waals surface area (Å²) in [5.41, 5.74) is 4.09. The maximum atomic E-state index is 12.8. The van der Waals surface area contributed by atoms with Crippen molar-refractivity contribution in [3.63, 3.8) is 0 Å². The molecule has 1 N–H and O–H groups in total. The molecule has 1 aliphatic heterocycles. The van der Waals surface area contributed by atoms with Crippen molar-refractivity contribution in [3.05, 3.63) is 90.0 Å². The lowest BCUT2D eigenvalue weighted by molar-refractivity contribution is 0.0704. The van der Waals surface area contributed by atoms with Gasteiger partial charge in [0, 0.05) is 37.5 Å². The summed E-state index contributed by atoms with van der Waals surface area (Å²) in [5.74, 6) is 1.31.